The van der Waals surface area contributed by atoms with Crippen molar-refractivity contribution in [2.24, 2.45) is 0 Å². The molecule has 2 heterocycles. The van der Waals surface area contributed by atoms with Crippen LogP contribution in [0.5, 0.6) is 0 Å². The van der Waals surface area contributed by atoms with Gasteiger partial charge < -0.3 is 15.1 Å². The number of carbonyl (C=O) groups is 1. The van der Waals surface area contributed by atoms with Gasteiger partial charge >= 0.3 is 6.03 Å². The number of carbonyl (C=O) groups excluding carboxylic acids is 1. The van der Waals surface area contributed by atoms with Gasteiger partial charge in [0.15, 0.2) is 0 Å². The lowest BCUT2D eigenvalue weighted by molar-refractivity contribution is 0.0992. The van der Waals surface area contributed by atoms with Crippen LogP contribution in [0.15, 0.2) is 0 Å². The fraction of sp³-hybridized carbons (Fsp3) is 0.909. The second-order valence-corrected chi connectivity index (χ2v) is 4.76. The van der Waals surface area contributed by atoms with Gasteiger partial charge in [-0.2, -0.15) is 0 Å². The zero-order valence-electron chi connectivity index (χ0n) is 9.70. The molecule has 1 atom stereocenters. The fourth-order valence-electron chi connectivity index (χ4n) is 2.49. The van der Waals surface area contributed by atoms with Crippen LogP contribution in [0.2, 0.25) is 0 Å². The van der Waals surface area contributed by atoms with Gasteiger partial charge in [0.25, 0.3) is 0 Å². The highest BCUT2D eigenvalue weighted by molar-refractivity contribution is 5.76. The van der Waals surface area contributed by atoms with E-state index in [4.69, 9.17) is 0 Å². The van der Waals surface area contributed by atoms with Crippen molar-refractivity contribution >= 4 is 6.03 Å². The summed E-state index contributed by atoms with van der Waals surface area (Å²) >= 11 is 0. The number of nitrogens with zero attached hydrogens (tertiary/aromatic N) is 2. The Morgan fingerprint density at radius 1 is 1.40 bits per heavy atom. The Bertz CT molecular complexity index is 236. The number of hydrogen-bond donors (Lipinski definition) is 1. The third-order valence-corrected chi connectivity index (χ3v) is 3.39. The number of hydrogen-bond acceptors (Lipinski definition) is 2. The normalized spacial score (nSPS) is 27.9. The third kappa shape index (κ3) is 2.09. The monoisotopic (exact) mass is 211 g/mol. The Hall–Kier alpha value is -0.770. The molecule has 0 aromatic rings. The molecule has 2 saturated heterocycles. The van der Waals surface area contributed by atoms with Gasteiger partial charge in [-0.15, -0.1) is 0 Å². The van der Waals surface area contributed by atoms with E-state index >= 15 is 0 Å². The van der Waals surface area contributed by atoms with Crippen LogP contribution in [0.3, 0.4) is 0 Å². The second kappa shape index (κ2) is 4.39. The molecule has 0 aromatic heterocycles. The Balaban J connectivity index is 2.02. The van der Waals surface area contributed by atoms with Crippen molar-refractivity contribution in [3.63, 3.8) is 0 Å². The van der Waals surface area contributed by atoms with E-state index < -0.39 is 0 Å². The molecule has 0 aromatic carbocycles. The maximum absolute atomic E-state index is 12.2. The number of rotatable bonds is 2. The standard InChI is InChI=1S/C11H21N3O/c1-9(2)13-6-3-7-14(11(13)15)10-4-5-12-8-10/h9-10,12H,3-8H2,1-2H3. The second-order valence-electron chi connectivity index (χ2n) is 4.76. The van der Waals surface area contributed by atoms with Crippen LogP contribution in [0.4, 0.5) is 4.79 Å². The number of amides is 2. The van der Waals surface area contributed by atoms with E-state index in [-0.39, 0.29) is 6.03 Å². The molecule has 0 spiro atoms. The highest BCUT2D eigenvalue weighted by Gasteiger charge is 2.33. The van der Waals surface area contributed by atoms with E-state index in [1.165, 1.54) is 0 Å². The Labute approximate surface area is 91.6 Å². The largest absolute Gasteiger partial charge is 0.322 e. The molecule has 15 heavy (non-hydrogen) atoms. The predicted octanol–water partition coefficient (Wildman–Crippen LogP) is 0.884. The van der Waals surface area contributed by atoms with E-state index in [9.17, 15) is 4.79 Å². The highest BCUT2D eigenvalue weighted by Crippen LogP contribution is 2.18. The molecular formula is C11H21N3O. The van der Waals surface area contributed by atoms with Crippen LogP contribution >= 0.6 is 0 Å². The molecule has 0 saturated carbocycles. The van der Waals surface area contributed by atoms with Crippen LogP contribution < -0.4 is 5.32 Å². The van der Waals surface area contributed by atoms with Crippen LogP contribution in [0.1, 0.15) is 26.7 Å². The Morgan fingerprint density at radius 3 is 2.80 bits per heavy atom. The molecule has 2 amide bonds. The van der Waals surface area contributed by atoms with Crippen LogP contribution in [-0.2, 0) is 0 Å². The molecular weight excluding hydrogens is 190 g/mol. The first kappa shape index (κ1) is 10.7. The van der Waals surface area contributed by atoms with E-state index in [2.05, 4.69) is 24.1 Å². The van der Waals surface area contributed by atoms with E-state index in [1.807, 2.05) is 4.90 Å². The zero-order chi connectivity index (χ0) is 10.8. The maximum Gasteiger partial charge on any atom is 0.320 e. The quantitative estimate of drug-likeness (QED) is 0.736. The summed E-state index contributed by atoms with van der Waals surface area (Å²) in [6.45, 7) is 8.07. The molecule has 1 N–H and O–H groups in total. The van der Waals surface area contributed by atoms with Crippen LogP contribution in [0.25, 0.3) is 0 Å². The molecule has 1 unspecified atom stereocenters. The highest BCUT2D eigenvalue weighted by atomic mass is 16.2. The topological polar surface area (TPSA) is 35.6 Å². The van der Waals surface area contributed by atoms with Crippen molar-refractivity contribution in [2.45, 2.75) is 38.8 Å². The number of nitrogens with one attached hydrogen (secondary N) is 1. The van der Waals surface area contributed by atoms with Gasteiger partial charge in [0, 0.05) is 31.7 Å². The maximum atomic E-state index is 12.2. The molecule has 4 nitrogen and oxygen atoms in total. The average Bonchev–Trinajstić information content (AvgIpc) is 2.70. The average molecular weight is 211 g/mol. The molecule has 0 radical (unpaired) electrons. The summed E-state index contributed by atoms with van der Waals surface area (Å²) in [6.07, 6.45) is 2.22. The van der Waals surface area contributed by atoms with Crippen molar-refractivity contribution in [3.05, 3.63) is 0 Å². The molecule has 4 heteroatoms. The van der Waals surface area contributed by atoms with Crippen molar-refractivity contribution in [3.8, 4) is 0 Å². The molecule has 86 valence electrons. The first-order chi connectivity index (χ1) is 7.20. The first-order valence-electron chi connectivity index (χ1n) is 5.98. The molecule has 2 aliphatic heterocycles. The molecule has 0 aliphatic carbocycles. The summed E-state index contributed by atoms with van der Waals surface area (Å²) < 4.78 is 0. The van der Waals surface area contributed by atoms with Crippen molar-refractivity contribution in [1.82, 2.24) is 15.1 Å². The minimum absolute atomic E-state index is 0.241. The smallest absolute Gasteiger partial charge is 0.320 e. The lowest BCUT2D eigenvalue weighted by Crippen LogP contribution is -2.55. The van der Waals surface area contributed by atoms with Crippen molar-refractivity contribution in [1.29, 1.82) is 0 Å². The minimum Gasteiger partial charge on any atom is -0.322 e. The summed E-state index contributed by atoms with van der Waals surface area (Å²) in [6, 6.07) is 0.999. The van der Waals surface area contributed by atoms with Crippen LogP contribution in [0, 0.1) is 0 Å². The van der Waals surface area contributed by atoms with E-state index in [0.29, 0.717) is 12.1 Å². The Morgan fingerprint density at radius 2 is 2.20 bits per heavy atom. The summed E-state index contributed by atoms with van der Waals surface area (Å²) in [5, 5.41) is 3.32. The predicted molar refractivity (Wildman–Crippen MR) is 59.8 cm³/mol. The van der Waals surface area contributed by atoms with E-state index in [0.717, 1.165) is 39.0 Å². The van der Waals surface area contributed by atoms with Crippen LogP contribution in [-0.4, -0.2) is 54.1 Å². The summed E-state index contributed by atoms with van der Waals surface area (Å²) in [4.78, 5) is 16.2. The third-order valence-electron chi connectivity index (χ3n) is 3.39. The van der Waals surface area contributed by atoms with Gasteiger partial charge in [-0.1, -0.05) is 0 Å². The molecule has 2 rings (SSSR count). The van der Waals surface area contributed by atoms with Crippen molar-refractivity contribution < 1.29 is 4.79 Å². The van der Waals surface area contributed by atoms with E-state index in [1.54, 1.807) is 0 Å². The Kier molecular flexibility index (Phi) is 3.14. The van der Waals surface area contributed by atoms with Gasteiger partial charge in [0.2, 0.25) is 0 Å². The lowest BCUT2D eigenvalue weighted by Gasteiger charge is -2.40. The zero-order valence-corrected chi connectivity index (χ0v) is 9.70. The van der Waals surface area contributed by atoms with Gasteiger partial charge in [-0.3, -0.25) is 0 Å². The van der Waals surface area contributed by atoms with Gasteiger partial charge in [-0.25, -0.2) is 4.79 Å². The summed E-state index contributed by atoms with van der Waals surface area (Å²) in [5.74, 6) is 0. The van der Waals surface area contributed by atoms with Gasteiger partial charge in [0.05, 0.1) is 0 Å². The van der Waals surface area contributed by atoms with Crippen molar-refractivity contribution in [2.75, 3.05) is 26.2 Å². The first-order valence-corrected chi connectivity index (χ1v) is 5.98. The number of urea groups is 1. The van der Waals surface area contributed by atoms with Gasteiger partial charge in [0.1, 0.15) is 0 Å². The molecule has 0 bridgehead atoms. The lowest BCUT2D eigenvalue weighted by atomic mass is 10.1. The molecule has 2 fully saturated rings. The summed E-state index contributed by atoms with van der Waals surface area (Å²) in [7, 11) is 0. The van der Waals surface area contributed by atoms with Gasteiger partial charge in [-0.05, 0) is 33.2 Å². The fourth-order valence-corrected chi connectivity index (χ4v) is 2.49. The minimum atomic E-state index is 0.241. The SMILES string of the molecule is CC(C)N1CCCN(C2CCNC2)C1=O. The molecule has 2 aliphatic rings. The summed E-state index contributed by atoms with van der Waals surface area (Å²) in [5.41, 5.74) is 0.